The molecule has 1 N–H and O–H groups in total. The molecule has 1 aromatic carbocycles. The van der Waals surface area contributed by atoms with Crippen LogP contribution in [0.4, 0.5) is 0 Å². The summed E-state index contributed by atoms with van der Waals surface area (Å²) in [6, 6.07) is 13.3. The first-order chi connectivity index (χ1) is 16.5. The summed E-state index contributed by atoms with van der Waals surface area (Å²) in [5, 5.41) is 0. The SMILES string of the molecule is CC(=O)N1CCC(CCn2ccc(-c3ccccc3)cc2=O)(C(=O)NOC2CCCCO2)CC1. The summed E-state index contributed by atoms with van der Waals surface area (Å²) in [4.78, 5) is 45.3. The smallest absolute Gasteiger partial charge is 0.251 e. The zero-order valence-electron chi connectivity index (χ0n) is 19.7. The second-order valence-corrected chi connectivity index (χ2v) is 9.19. The number of carbonyl (C=O) groups excluding carboxylic acids is 2. The van der Waals surface area contributed by atoms with Crippen LogP contribution >= 0.6 is 0 Å². The number of aryl methyl sites for hydroxylation is 1. The Hall–Kier alpha value is -2.97. The summed E-state index contributed by atoms with van der Waals surface area (Å²) in [5.41, 5.74) is 3.66. The van der Waals surface area contributed by atoms with Gasteiger partial charge in [0.15, 0.2) is 6.29 Å². The van der Waals surface area contributed by atoms with E-state index in [1.54, 1.807) is 28.7 Å². The van der Waals surface area contributed by atoms with Crippen molar-refractivity contribution in [3.63, 3.8) is 0 Å². The van der Waals surface area contributed by atoms with Crippen LogP contribution in [0.1, 0.15) is 45.4 Å². The minimum absolute atomic E-state index is 0.00795. The number of benzene rings is 1. The molecule has 1 aromatic heterocycles. The molecule has 0 radical (unpaired) electrons. The third-order valence-corrected chi connectivity index (χ3v) is 7.00. The normalized spacial score (nSPS) is 20.0. The Kier molecular flexibility index (Phi) is 7.80. The lowest BCUT2D eigenvalue weighted by molar-refractivity contribution is -0.206. The first kappa shape index (κ1) is 24.2. The number of hydrogen-bond acceptors (Lipinski definition) is 5. The van der Waals surface area contributed by atoms with E-state index >= 15 is 0 Å². The van der Waals surface area contributed by atoms with Crippen LogP contribution in [0, 0.1) is 5.41 Å². The Labute approximate surface area is 199 Å². The number of pyridine rings is 1. The minimum Gasteiger partial charge on any atom is -0.350 e. The molecule has 2 fully saturated rings. The average molecular weight is 468 g/mol. The number of nitrogens with zero attached hydrogens (tertiary/aromatic N) is 2. The second-order valence-electron chi connectivity index (χ2n) is 9.19. The molecule has 1 atom stereocenters. The molecule has 2 amide bonds. The molecule has 2 aliphatic rings. The van der Waals surface area contributed by atoms with Gasteiger partial charge in [-0.25, -0.2) is 10.3 Å². The summed E-state index contributed by atoms with van der Waals surface area (Å²) in [5.74, 6) is -0.201. The van der Waals surface area contributed by atoms with Crippen LogP contribution < -0.4 is 11.0 Å². The first-order valence-electron chi connectivity index (χ1n) is 12.1. The van der Waals surface area contributed by atoms with Gasteiger partial charge in [-0.3, -0.25) is 14.4 Å². The van der Waals surface area contributed by atoms with Crippen molar-refractivity contribution in [1.82, 2.24) is 14.9 Å². The van der Waals surface area contributed by atoms with Gasteiger partial charge in [-0.05, 0) is 49.3 Å². The fourth-order valence-corrected chi connectivity index (χ4v) is 4.71. The molecule has 182 valence electrons. The predicted molar refractivity (Wildman–Crippen MR) is 127 cm³/mol. The van der Waals surface area contributed by atoms with Crippen LogP contribution in [0.2, 0.25) is 0 Å². The van der Waals surface area contributed by atoms with E-state index < -0.39 is 11.7 Å². The van der Waals surface area contributed by atoms with Crippen molar-refractivity contribution in [1.29, 1.82) is 0 Å². The molecule has 8 nitrogen and oxygen atoms in total. The van der Waals surface area contributed by atoms with Crippen LogP contribution in [-0.4, -0.2) is 47.3 Å². The van der Waals surface area contributed by atoms with Crippen molar-refractivity contribution in [2.75, 3.05) is 19.7 Å². The Balaban J connectivity index is 1.45. The Morgan fingerprint density at radius 3 is 2.53 bits per heavy atom. The zero-order chi connectivity index (χ0) is 24.0. The lowest BCUT2D eigenvalue weighted by Crippen LogP contribution is -2.51. The van der Waals surface area contributed by atoms with Gasteiger partial charge in [-0.1, -0.05) is 30.3 Å². The van der Waals surface area contributed by atoms with Gasteiger partial charge in [-0.2, -0.15) is 0 Å². The number of nitrogens with one attached hydrogen (secondary N) is 1. The topological polar surface area (TPSA) is 89.9 Å². The van der Waals surface area contributed by atoms with Crippen molar-refractivity contribution < 1.29 is 19.2 Å². The summed E-state index contributed by atoms with van der Waals surface area (Å²) in [7, 11) is 0. The van der Waals surface area contributed by atoms with E-state index in [0.717, 1.165) is 30.4 Å². The van der Waals surface area contributed by atoms with Gasteiger partial charge in [0.2, 0.25) is 11.8 Å². The quantitative estimate of drug-likeness (QED) is 0.632. The van der Waals surface area contributed by atoms with Crippen LogP contribution in [-0.2, 0) is 25.7 Å². The fourth-order valence-electron chi connectivity index (χ4n) is 4.71. The molecular formula is C26H33N3O5. The van der Waals surface area contributed by atoms with E-state index in [1.165, 1.54) is 0 Å². The summed E-state index contributed by atoms with van der Waals surface area (Å²) in [6.45, 7) is 3.59. The highest BCUT2D eigenvalue weighted by Crippen LogP contribution is 2.36. The molecule has 2 saturated heterocycles. The molecular weight excluding hydrogens is 434 g/mol. The van der Waals surface area contributed by atoms with Gasteiger partial charge in [0.25, 0.3) is 5.56 Å². The van der Waals surface area contributed by atoms with Gasteiger partial charge in [0.1, 0.15) is 0 Å². The summed E-state index contributed by atoms with van der Waals surface area (Å²) in [6.07, 6.45) is 5.61. The van der Waals surface area contributed by atoms with Gasteiger partial charge in [0.05, 0.1) is 5.41 Å². The highest BCUT2D eigenvalue weighted by molar-refractivity contribution is 5.82. The molecule has 0 saturated carbocycles. The van der Waals surface area contributed by atoms with E-state index in [0.29, 0.717) is 45.5 Å². The first-order valence-corrected chi connectivity index (χ1v) is 12.1. The number of aromatic nitrogens is 1. The molecule has 1 unspecified atom stereocenters. The largest absolute Gasteiger partial charge is 0.350 e. The average Bonchev–Trinajstić information content (AvgIpc) is 2.88. The standard InChI is InChI=1S/C26H33N3O5/c1-20(30)28-15-11-26(12-16-28,25(32)27-34-24-9-5-6-18-33-24)13-17-29-14-10-22(19-23(29)31)21-7-3-2-4-8-21/h2-4,7-8,10,14,19,24H,5-6,9,11-13,15-18H2,1H3,(H,27,32). The van der Waals surface area contributed by atoms with Crippen LogP contribution in [0.25, 0.3) is 11.1 Å². The molecule has 8 heteroatoms. The summed E-state index contributed by atoms with van der Waals surface area (Å²) < 4.78 is 7.20. The number of hydrogen-bond donors (Lipinski definition) is 1. The number of piperidine rings is 1. The lowest BCUT2D eigenvalue weighted by atomic mass is 9.75. The number of hydroxylamine groups is 1. The van der Waals surface area contributed by atoms with Crippen molar-refractivity contribution in [2.24, 2.45) is 5.41 Å². The molecule has 2 aromatic rings. The zero-order valence-corrected chi connectivity index (χ0v) is 19.7. The predicted octanol–water partition coefficient (Wildman–Crippen LogP) is 3.11. The number of likely N-dealkylation sites (tertiary alicyclic amines) is 1. The van der Waals surface area contributed by atoms with Crippen molar-refractivity contribution in [3.05, 3.63) is 59.0 Å². The maximum Gasteiger partial charge on any atom is 0.251 e. The van der Waals surface area contributed by atoms with E-state index in [9.17, 15) is 14.4 Å². The van der Waals surface area contributed by atoms with Gasteiger partial charge >= 0.3 is 0 Å². The van der Waals surface area contributed by atoms with Crippen LogP contribution in [0.5, 0.6) is 0 Å². The van der Waals surface area contributed by atoms with Gasteiger partial charge < -0.3 is 14.2 Å². The monoisotopic (exact) mass is 467 g/mol. The van der Waals surface area contributed by atoms with E-state index in [4.69, 9.17) is 9.57 Å². The highest BCUT2D eigenvalue weighted by Gasteiger charge is 2.42. The number of carbonyl (C=O) groups is 2. The molecule has 2 aliphatic heterocycles. The molecule has 0 aliphatic carbocycles. The van der Waals surface area contributed by atoms with Crippen LogP contribution in [0.3, 0.4) is 0 Å². The maximum absolute atomic E-state index is 13.3. The van der Waals surface area contributed by atoms with Crippen LogP contribution in [0.15, 0.2) is 53.5 Å². The summed E-state index contributed by atoms with van der Waals surface area (Å²) >= 11 is 0. The van der Waals surface area contributed by atoms with Gasteiger partial charge in [0, 0.05) is 51.8 Å². The molecule has 0 bridgehead atoms. The third-order valence-electron chi connectivity index (χ3n) is 7.00. The molecule has 34 heavy (non-hydrogen) atoms. The van der Waals surface area contributed by atoms with E-state index in [-0.39, 0.29) is 17.4 Å². The molecule has 3 heterocycles. The maximum atomic E-state index is 13.3. The van der Waals surface area contributed by atoms with Gasteiger partial charge in [-0.15, -0.1) is 0 Å². The number of amides is 2. The highest BCUT2D eigenvalue weighted by atomic mass is 16.8. The minimum atomic E-state index is -0.724. The number of ether oxygens (including phenoxy) is 1. The Bertz CT molecular complexity index is 1040. The molecule has 4 rings (SSSR count). The lowest BCUT2D eigenvalue weighted by Gasteiger charge is -2.40. The van der Waals surface area contributed by atoms with E-state index in [1.807, 2.05) is 36.4 Å². The second kappa shape index (κ2) is 11.0. The third kappa shape index (κ3) is 5.74. The molecule has 0 spiro atoms. The Morgan fingerprint density at radius 2 is 1.88 bits per heavy atom. The number of rotatable bonds is 7. The van der Waals surface area contributed by atoms with E-state index in [2.05, 4.69) is 5.48 Å². The van der Waals surface area contributed by atoms with Crippen molar-refractivity contribution in [3.8, 4) is 11.1 Å². The fraction of sp³-hybridized carbons (Fsp3) is 0.500. The Morgan fingerprint density at radius 1 is 1.12 bits per heavy atom. The van der Waals surface area contributed by atoms with Crippen molar-refractivity contribution in [2.45, 2.75) is 58.3 Å². The van der Waals surface area contributed by atoms with Crippen molar-refractivity contribution >= 4 is 11.8 Å².